The number of fused-ring (bicyclic) bond motifs is 1. The van der Waals surface area contributed by atoms with Gasteiger partial charge in [-0.3, -0.25) is 14.4 Å². The summed E-state index contributed by atoms with van der Waals surface area (Å²) in [6.45, 7) is 3.69. The highest BCUT2D eigenvalue weighted by Gasteiger charge is 2.26. The van der Waals surface area contributed by atoms with Gasteiger partial charge in [0.15, 0.2) is 0 Å². The van der Waals surface area contributed by atoms with Gasteiger partial charge in [0.1, 0.15) is 6.04 Å². The van der Waals surface area contributed by atoms with Crippen LogP contribution in [0.5, 0.6) is 0 Å². The Bertz CT molecular complexity index is 831. The van der Waals surface area contributed by atoms with Crippen LogP contribution < -0.4 is 16.4 Å². The molecule has 0 radical (unpaired) electrons. The first-order valence-electron chi connectivity index (χ1n) is 9.80. The highest BCUT2D eigenvalue weighted by molar-refractivity contribution is 7.98. The normalized spacial score (nSPS) is 13.3. The summed E-state index contributed by atoms with van der Waals surface area (Å²) in [7, 11) is 0. The molecule has 0 heterocycles. The first-order valence-corrected chi connectivity index (χ1v) is 11.2. The van der Waals surface area contributed by atoms with Crippen molar-refractivity contribution in [1.29, 1.82) is 0 Å². The Balaban J connectivity index is 0.00000141. The van der Waals surface area contributed by atoms with Crippen molar-refractivity contribution < 1.29 is 19.5 Å². The standard InChI is InChI=1S/C21H29N3O2S.CH2O2/c1-4-14(2)19(22)21(26)24-18(11-12-27-3)20(25)23-17-10-9-15-7-5-6-8-16(15)13-17;2-1-3/h5-10,13-14,18-19H,4,11-12,22H2,1-3H3,(H,23,25)(H,24,26);1H,(H,2,3)/t14-,18-,19-;/m0./s1. The zero-order chi connectivity index (χ0) is 22.5. The van der Waals surface area contributed by atoms with Gasteiger partial charge >= 0.3 is 0 Å². The second kappa shape index (κ2) is 13.6. The summed E-state index contributed by atoms with van der Waals surface area (Å²) in [5.74, 6) is 0.345. The van der Waals surface area contributed by atoms with E-state index in [0.29, 0.717) is 12.1 Å². The van der Waals surface area contributed by atoms with Crippen LogP contribution in [0.2, 0.25) is 0 Å². The number of amides is 2. The maximum absolute atomic E-state index is 12.8. The van der Waals surface area contributed by atoms with Crippen molar-refractivity contribution in [2.75, 3.05) is 17.3 Å². The van der Waals surface area contributed by atoms with Gasteiger partial charge in [-0.2, -0.15) is 11.8 Å². The zero-order valence-corrected chi connectivity index (χ0v) is 18.4. The van der Waals surface area contributed by atoms with Crippen molar-refractivity contribution >= 4 is 46.5 Å². The van der Waals surface area contributed by atoms with Gasteiger partial charge in [-0.25, -0.2) is 0 Å². The van der Waals surface area contributed by atoms with Crippen LogP contribution in [0.3, 0.4) is 0 Å². The lowest BCUT2D eigenvalue weighted by Gasteiger charge is -2.23. The Hall–Kier alpha value is -2.58. The van der Waals surface area contributed by atoms with Gasteiger partial charge in [0, 0.05) is 5.69 Å². The third kappa shape index (κ3) is 8.04. The molecule has 2 aromatic rings. The molecule has 0 saturated heterocycles. The fraction of sp³-hybridized carbons (Fsp3) is 0.409. The van der Waals surface area contributed by atoms with Crippen molar-refractivity contribution in [3.05, 3.63) is 42.5 Å². The minimum atomic E-state index is -0.611. The molecule has 164 valence electrons. The van der Waals surface area contributed by atoms with E-state index in [4.69, 9.17) is 15.6 Å². The molecule has 0 aromatic heterocycles. The molecule has 0 aliphatic heterocycles. The fourth-order valence-electron chi connectivity index (χ4n) is 2.78. The molecule has 5 N–H and O–H groups in total. The van der Waals surface area contributed by atoms with E-state index in [1.807, 2.05) is 62.6 Å². The van der Waals surface area contributed by atoms with Crippen molar-refractivity contribution in [3.8, 4) is 0 Å². The molecule has 2 aromatic carbocycles. The van der Waals surface area contributed by atoms with Crippen molar-refractivity contribution in [3.63, 3.8) is 0 Å². The van der Waals surface area contributed by atoms with E-state index in [9.17, 15) is 9.59 Å². The van der Waals surface area contributed by atoms with E-state index in [1.165, 1.54) is 0 Å². The topological polar surface area (TPSA) is 122 Å². The van der Waals surface area contributed by atoms with Gasteiger partial charge in [-0.05, 0) is 47.3 Å². The Morgan fingerprint density at radius 3 is 2.40 bits per heavy atom. The number of nitrogens with one attached hydrogen (secondary N) is 2. The number of thioether (sulfide) groups is 1. The van der Waals surface area contributed by atoms with Crippen LogP contribution in [-0.4, -0.2) is 47.5 Å². The number of hydrogen-bond acceptors (Lipinski definition) is 5. The smallest absolute Gasteiger partial charge is 0.290 e. The van der Waals surface area contributed by atoms with Gasteiger partial charge in [0.2, 0.25) is 11.8 Å². The monoisotopic (exact) mass is 433 g/mol. The number of hydrogen-bond donors (Lipinski definition) is 4. The zero-order valence-electron chi connectivity index (χ0n) is 17.6. The van der Waals surface area contributed by atoms with E-state index in [1.54, 1.807) is 11.8 Å². The minimum absolute atomic E-state index is 0.0646. The molecular weight excluding hydrogens is 402 g/mol. The number of rotatable bonds is 9. The first kappa shape index (κ1) is 25.5. The average Bonchev–Trinajstić information content (AvgIpc) is 2.75. The summed E-state index contributed by atoms with van der Waals surface area (Å²) < 4.78 is 0. The quantitative estimate of drug-likeness (QED) is 0.451. The number of carbonyl (C=O) groups is 3. The van der Waals surface area contributed by atoms with E-state index in [2.05, 4.69) is 10.6 Å². The Morgan fingerprint density at radius 2 is 1.80 bits per heavy atom. The van der Waals surface area contributed by atoms with E-state index < -0.39 is 12.1 Å². The molecule has 0 saturated carbocycles. The molecule has 3 atom stereocenters. The van der Waals surface area contributed by atoms with Gasteiger partial charge in [0.25, 0.3) is 6.47 Å². The van der Waals surface area contributed by atoms with E-state index >= 15 is 0 Å². The number of anilines is 1. The summed E-state index contributed by atoms with van der Waals surface area (Å²) >= 11 is 1.64. The summed E-state index contributed by atoms with van der Waals surface area (Å²) in [6, 6.07) is 12.5. The molecule has 0 bridgehead atoms. The molecule has 0 fully saturated rings. The maximum Gasteiger partial charge on any atom is 0.290 e. The van der Waals surface area contributed by atoms with E-state index in [-0.39, 0.29) is 24.2 Å². The van der Waals surface area contributed by atoms with Gasteiger partial charge in [-0.1, -0.05) is 50.6 Å². The van der Waals surface area contributed by atoms with Crippen molar-refractivity contribution in [2.24, 2.45) is 11.7 Å². The van der Waals surface area contributed by atoms with Gasteiger partial charge in [-0.15, -0.1) is 0 Å². The summed E-state index contributed by atoms with van der Waals surface area (Å²) in [5, 5.41) is 14.8. The lowest BCUT2D eigenvalue weighted by atomic mass is 9.99. The molecule has 2 rings (SSSR count). The van der Waals surface area contributed by atoms with Crippen LogP contribution in [0.15, 0.2) is 42.5 Å². The van der Waals surface area contributed by atoms with Crippen LogP contribution in [0, 0.1) is 5.92 Å². The molecule has 0 spiro atoms. The Kier molecular flexibility index (Phi) is 11.5. The van der Waals surface area contributed by atoms with Crippen LogP contribution in [0.25, 0.3) is 10.8 Å². The average molecular weight is 434 g/mol. The van der Waals surface area contributed by atoms with Crippen molar-refractivity contribution in [2.45, 2.75) is 38.8 Å². The molecule has 7 nitrogen and oxygen atoms in total. The first-order chi connectivity index (χ1) is 14.4. The number of benzene rings is 2. The molecule has 8 heteroatoms. The second-order valence-corrected chi connectivity index (χ2v) is 7.90. The SMILES string of the molecule is CC[C@H](C)[C@H](N)C(=O)N[C@@H](CCSC)C(=O)Nc1ccc2ccccc2c1.O=CO. The summed E-state index contributed by atoms with van der Waals surface area (Å²) in [5.41, 5.74) is 6.73. The summed E-state index contributed by atoms with van der Waals surface area (Å²) in [4.78, 5) is 33.6. The van der Waals surface area contributed by atoms with Crippen LogP contribution in [0.4, 0.5) is 5.69 Å². The second-order valence-electron chi connectivity index (χ2n) is 6.91. The maximum atomic E-state index is 12.8. The highest BCUT2D eigenvalue weighted by Crippen LogP contribution is 2.19. The highest BCUT2D eigenvalue weighted by atomic mass is 32.2. The third-order valence-corrected chi connectivity index (χ3v) is 5.46. The van der Waals surface area contributed by atoms with Crippen LogP contribution >= 0.6 is 11.8 Å². The fourth-order valence-corrected chi connectivity index (χ4v) is 3.25. The number of carboxylic acid groups (broad SMARTS) is 1. The molecule has 30 heavy (non-hydrogen) atoms. The molecule has 0 aliphatic carbocycles. The summed E-state index contributed by atoms with van der Waals surface area (Å²) in [6.07, 6.45) is 3.35. The van der Waals surface area contributed by atoms with Crippen LogP contribution in [0.1, 0.15) is 26.7 Å². The minimum Gasteiger partial charge on any atom is -0.483 e. The number of carbonyl (C=O) groups excluding carboxylic acids is 2. The lowest BCUT2D eigenvalue weighted by molar-refractivity contribution is -0.128. The third-order valence-electron chi connectivity index (χ3n) is 4.82. The van der Waals surface area contributed by atoms with Gasteiger partial charge in [0.05, 0.1) is 6.04 Å². The molecule has 0 aliphatic rings. The lowest BCUT2D eigenvalue weighted by Crippen LogP contribution is -2.52. The van der Waals surface area contributed by atoms with Crippen molar-refractivity contribution in [1.82, 2.24) is 5.32 Å². The molecular formula is C22H31N3O4S. The molecule has 0 unspecified atom stereocenters. The Labute approximate surface area is 181 Å². The predicted octanol–water partition coefficient (Wildman–Crippen LogP) is 3.09. The largest absolute Gasteiger partial charge is 0.483 e. The predicted molar refractivity (Wildman–Crippen MR) is 124 cm³/mol. The Morgan fingerprint density at radius 1 is 1.17 bits per heavy atom. The number of nitrogens with two attached hydrogens (primary N) is 1. The van der Waals surface area contributed by atoms with Crippen LogP contribution in [-0.2, 0) is 14.4 Å². The van der Waals surface area contributed by atoms with Gasteiger partial charge < -0.3 is 21.5 Å². The van der Waals surface area contributed by atoms with E-state index in [0.717, 1.165) is 22.9 Å². The molecule has 2 amide bonds.